The topological polar surface area (TPSA) is 43.8 Å². The summed E-state index contributed by atoms with van der Waals surface area (Å²) in [6.07, 6.45) is -3.13. The van der Waals surface area contributed by atoms with Gasteiger partial charge in [-0.3, -0.25) is 4.68 Å². The molecule has 0 bridgehead atoms. The van der Waals surface area contributed by atoms with E-state index in [1.165, 1.54) is 10.9 Å². The maximum atomic E-state index is 12.4. The van der Waals surface area contributed by atoms with Crippen molar-refractivity contribution in [1.82, 2.24) is 9.78 Å². The van der Waals surface area contributed by atoms with Crippen LogP contribution in [-0.2, 0) is 12.7 Å². The molecule has 3 nitrogen and oxygen atoms in total. The van der Waals surface area contributed by atoms with E-state index in [0.717, 1.165) is 17.2 Å². The highest BCUT2D eigenvalue weighted by molar-refractivity contribution is 5.28. The lowest BCUT2D eigenvalue weighted by Crippen LogP contribution is -2.19. The molecule has 0 saturated carbocycles. The second-order valence-corrected chi connectivity index (χ2v) is 4.38. The summed E-state index contributed by atoms with van der Waals surface area (Å²) in [6, 6.07) is 8.09. The van der Waals surface area contributed by atoms with Crippen LogP contribution in [0.1, 0.15) is 22.9 Å². The second-order valence-electron chi connectivity index (χ2n) is 4.38. The molecule has 2 rings (SSSR count). The van der Waals surface area contributed by atoms with Crippen molar-refractivity contribution in [2.24, 2.45) is 5.73 Å². The molecule has 102 valence electrons. The van der Waals surface area contributed by atoms with Crippen molar-refractivity contribution in [2.75, 3.05) is 0 Å². The molecule has 0 radical (unpaired) electrons. The van der Waals surface area contributed by atoms with E-state index >= 15 is 0 Å². The van der Waals surface area contributed by atoms with Gasteiger partial charge in [-0.2, -0.15) is 18.3 Å². The Kier molecular flexibility index (Phi) is 3.61. The molecule has 1 aromatic carbocycles. The highest BCUT2D eigenvalue weighted by atomic mass is 19.4. The van der Waals surface area contributed by atoms with E-state index in [2.05, 4.69) is 5.10 Å². The maximum absolute atomic E-state index is 12.4. The van der Waals surface area contributed by atoms with E-state index < -0.39 is 11.9 Å². The molecule has 0 saturated heterocycles. The monoisotopic (exact) mass is 269 g/mol. The van der Waals surface area contributed by atoms with Crippen LogP contribution in [0.25, 0.3) is 0 Å². The Morgan fingerprint density at radius 1 is 1.26 bits per heavy atom. The van der Waals surface area contributed by atoms with Crippen LogP contribution in [0.5, 0.6) is 0 Å². The molecule has 2 aromatic rings. The molecular formula is C13H14F3N3. The number of aromatic nitrogens is 2. The van der Waals surface area contributed by atoms with Crippen molar-refractivity contribution >= 4 is 0 Å². The Hall–Kier alpha value is -1.82. The number of hydrogen-bond acceptors (Lipinski definition) is 2. The van der Waals surface area contributed by atoms with Gasteiger partial charge in [0.1, 0.15) is 0 Å². The van der Waals surface area contributed by atoms with Crippen LogP contribution in [0.15, 0.2) is 36.5 Å². The minimum Gasteiger partial charge on any atom is -0.322 e. The number of nitrogens with two attached hydrogens (primary N) is 1. The van der Waals surface area contributed by atoms with Gasteiger partial charge in [0, 0.05) is 12.2 Å². The molecule has 0 aliphatic heterocycles. The number of aryl methyl sites for hydroxylation is 1. The van der Waals surface area contributed by atoms with Crippen LogP contribution in [0.3, 0.4) is 0 Å². The number of nitrogens with zero attached hydrogens (tertiary/aromatic N) is 2. The fourth-order valence-electron chi connectivity index (χ4n) is 1.92. The third kappa shape index (κ3) is 3.14. The summed E-state index contributed by atoms with van der Waals surface area (Å²) in [7, 11) is 0. The van der Waals surface area contributed by atoms with Crippen molar-refractivity contribution < 1.29 is 13.2 Å². The van der Waals surface area contributed by atoms with Gasteiger partial charge in [0.25, 0.3) is 0 Å². The van der Waals surface area contributed by atoms with Gasteiger partial charge in [-0.05, 0) is 24.1 Å². The van der Waals surface area contributed by atoms with Gasteiger partial charge in [-0.1, -0.05) is 24.3 Å². The highest BCUT2D eigenvalue weighted by Crippen LogP contribution is 2.27. The zero-order valence-corrected chi connectivity index (χ0v) is 10.4. The van der Waals surface area contributed by atoms with Crippen LogP contribution >= 0.6 is 0 Å². The van der Waals surface area contributed by atoms with E-state index in [-0.39, 0.29) is 12.6 Å². The fourth-order valence-corrected chi connectivity index (χ4v) is 1.92. The van der Waals surface area contributed by atoms with Gasteiger partial charge in [0.05, 0.1) is 6.54 Å². The first-order chi connectivity index (χ1) is 8.88. The average Bonchev–Trinajstić information content (AvgIpc) is 2.77. The molecule has 1 heterocycles. The van der Waals surface area contributed by atoms with Crippen LogP contribution in [0, 0.1) is 6.92 Å². The van der Waals surface area contributed by atoms with Gasteiger partial charge in [-0.15, -0.1) is 0 Å². The zero-order chi connectivity index (χ0) is 14.0. The first kappa shape index (κ1) is 13.6. The molecule has 0 fully saturated rings. The summed E-state index contributed by atoms with van der Waals surface area (Å²) >= 11 is 0. The van der Waals surface area contributed by atoms with Gasteiger partial charge in [0.2, 0.25) is 0 Å². The van der Waals surface area contributed by atoms with Crippen molar-refractivity contribution in [3.63, 3.8) is 0 Å². The lowest BCUT2D eigenvalue weighted by molar-refractivity contribution is -0.141. The summed E-state index contributed by atoms with van der Waals surface area (Å²) in [5.74, 6) is 0. The lowest BCUT2D eigenvalue weighted by atomic mass is 10.0. The summed E-state index contributed by atoms with van der Waals surface area (Å²) in [5, 5.41) is 3.49. The minimum absolute atomic E-state index is 0.209. The fraction of sp³-hybridized carbons (Fsp3) is 0.308. The Morgan fingerprint density at radius 3 is 2.53 bits per heavy atom. The van der Waals surface area contributed by atoms with E-state index in [1.807, 2.05) is 31.2 Å². The SMILES string of the molecule is Cc1ccccc1C(N)Cn1ccc(C(F)(F)F)n1. The van der Waals surface area contributed by atoms with Crippen LogP contribution < -0.4 is 5.73 Å². The first-order valence-corrected chi connectivity index (χ1v) is 5.79. The van der Waals surface area contributed by atoms with Crippen molar-refractivity contribution in [3.05, 3.63) is 53.3 Å². The molecule has 0 aliphatic rings. The van der Waals surface area contributed by atoms with Crippen molar-refractivity contribution in [3.8, 4) is 0 Å². The minimum atomic E-state index is -4.42. The Balaban J connectivity index is 2.14. The Bertz CT molecular complexity index is 560. The first-order valence-electron chi connectivity index (χ1n) is 5.79. The molecule has 6 heteroatoms. The normalized spacial score (nSPS) is 13.5. The molecule has 0 spiro atoms. The molecule has 19 heavy (non-hydrogen) atoms. The van der Waals surface area contributed by atoms with Crippen molar-refractivity contribution in [2.45, 2.75) is 25.7 Å². The number of benzene rings is 1. The number of rotatable bonds is 3. The predicted octanol–water partition coefficient (Wildman–Crippen LogP) is 2.91. The van der Waals surface area contributed by atoms with Crippen LogP contribution in [0.4, 0.5) is 13.2 Å². The van der Waals surface area contributed by atoms with Gasteiger partial charge >= 0.3 is 6.18 Å². The van der Waals surface area contributed by atoms with E-state index in [4.69, 9.17) is 5.73 Å². The molecular weight excluding hydrogens is 255 g/mol. The van der Waals surface area contributed by atoms with Gasteiger partial charge in [0.15, 0.2) is 5.69 Å². The summed E-state index contributed by atoms with van der Waals surface area (Å²) < 4.78 is 38.5. The van der Waals surface area contributed by atoms with E-state index in [1.54, 1.807) is 0 Å². The summed E-state index contributed by atoms with van der Waals surface area (Å²) in [4.78, 5) is 0. The Morgan fingerprint density at radius 2 is 1.95 bits per heavy atom. The predicted molar refractivity (Wildman–Crippen MR) is 65.3 cm³/mol. The molecule has 1 unspecified atom stereocenters. The second kappa shape index (κ2) is 5.05. The summed E-state index contributed by atoms with van der Waals surface area (Å²) in [5.41, 5.74) is 7.03. The molecule has 0 aliphatic carbocycles. The van der Waals surface area contributed by atoms with Crippen LogP contribution in [0.2, 0.25) is 0 Å². The molecule has 2 N–H and O–H groups in total. The number of alkyl halides is 3. The number of hydrogen-bond donors (Lipinski definition) is 1. The van der Waals surface area contributed by atoms with Gasteiger partial charge < -0.3 is 5.73 Å². The van der Waals surface area contributed by atoms with Crippen molar-refractivity contribution in [1.29, 1.82) is 0 Å². The van der Waals surface area contributed by atoms with E-state index in [9.17, 15) is 13.2 Å². The van der Waals surface area contributed by atoms with Gasteiger partial charge in [-0.25, -0.2) is 0 Å². The smallest absolute Gasteiger partial charge is 0.322 e. The number of halogens is 3. The average molecular weight is 269 g/mol. The Labute approximate surface area is 108 Å². The third-order valence-corrected chi connectivity index (χ3v) is 2.90. The van der Waals surface area contributed by atoms with Crippen LogP contribution in [-0.4, -0.2) is 9.78 Å². The maximum Gasteiger partial charge on any atom is 0.435 e. The van der Waals surface area contributed by atoms with E-state index in [0.29, 0.717) is 0 Å². The standard InChI is InChI=1S/C13H14F3N3/c1-9-4-2-3-5-10(9)11(17)8-19-7-6-12(18-19)13(14,15)16/h2-7,11H,8,17H2,1H3. The molecule has 0 amide bonds. The molecule has 1 aromatic heterocycles. The quantitative estimate of drug-likeness (QED) is 0.931. The molecule has 1 atom stereocenters. The largest absolute Gasteiger partial charge is 0.435 e. The highest BCUT2D eigenvalue weighted by Gasteiger charge is 2.33. The zero-order valence-electron chi connectivity index (χ0n) is 10.4. The summed E-state index contributed by atoms with van der Waals surface area (Å²) in [6.45, 7) is 2.13. The third-order valence-electron chi connectivity index (χ3n) is 2.90. The lowest BCUT2D eigenvalue weighted by Gasteiger charge is -2.14.